The molecule has 5 nitrogen and oxygen atoms in total. The van der Waals surface area contributed by atoms with Crippen molar-refractivity contribution in [1.29, 1.82) is 0 Å². The molecule has 0 aromatic carbocycles. The van der Waals surface area contributed by atoms with Gasteiger partial charge in [0.25, 0.3) is 5.91 Å². The second-order valence-electron chi connectivity index (χ2n) is 5.64. The van der Waals surface area contributed by atoms with Crippen LogP contribution >= 0.6 is 0 Å². The van der Waals surface area contributed by atoms with Crippen molar-refractivity contribution < 1.29 is 4.79 Å². The van der Waals surface area contributed by atoms with Crippen LogP contribution in [0.15, 0.2) is 12.1 Å². The van der Waals surface area contributed by atoms with Gasteiger partial charge < -0.3 is 10.2 Å². The molecular weight excluding hydrogens is 264 g/mol. The fourth-order valence-corrected chi connectivity index (χ4v) is 2.58. The fourth-order valence-electron chi connectivity index (χ4n) is 2.58. The summed E-state index contributed by atoms with van der Waals surface area (Å²) in [5, 5.41) is 11.2. The Morgan fingerprint density at radius 2 is 1.90 bits per heavy atom. The lowest BCUT2D eigenvalue weighted by Gasteiger charge is -2.20. The Morgan fingerprint density at radius 1 is 1.14 bits per heavy atom. The normalized spacial score (nSPS) is 15.6. The lowest BCUT2D eigenvalue weighted by molar-refractivity contribution is 0.0947. The minimum absolute atomic E-state index is 0.124. The molecule has 1 N–H and O–H groups in total. The van der Waals surface area contributed by atoms with Crippen molar-refractivity contribution in [3.05, 3.63) is 17.8 Å². The fraction of sp³-hybridized carbons (Fsp3) is 0.688. The van der Waals surface area contributed by atoms with Crippen molar-refractivity contribution in [2.45, 2.75) is 51.9 Å². The third-order valence-corrected chi connectivity index (χ3v) is 3.88. The predicted octanol–water partition coefficient (Wildman–Crippen LogP) is 2.78. The molecule has 0 saturated carbocycles. The molecule has 1 fully saturated rings. The number of aromatic nitrogens is 2. The van der Waals surface area contributed by atoms with Crippen molar-refractivity contribution in [3.8, 4) is 0 Å². The minimum Gasteiger partial charge on any atom is -0.355 e. The van der Waals surface area contributed by atoms with Crippen LogP contribution in [0, 0.1) is 0 Å². The summed E-state index contributed by atoms with van der Waals surface area (Å²) in [6, 6.07) is 3.70. The zero-order chi connectivity index (χ0) is 14.9. The molecule has 0 radical (unpaired) electrons. The quantitative estimate of drug-likeness (QED) is 0.818. The summed E-state index contributed by atoms with van der Waals surface area (Å²) in [4.78, 5) is 14.2. The van der Waals surface area contributed by atoms with E-state index in [1.54, 1.807) is 6.07 Å². The average Bonchev–Trinajstić information content (AvgIpc) is 2.81. The van der Waals surface area contributed by atoms with E-state index >= 15 is 0 Å². The van der Waals surface area contributed by atoms with E-state index < -0.39 is 0 Å². The lowest BCUT2D eigenvalue weighted by atomic mass is 10.2. The van der Waals surface area contributed by atoms with Crippen molar-refractivity contribution in [3.63, 3.8) is 0 Å². The van der Waals surface area contributed by atoms with Gasteiger partial charge in [0.2, 0.25) is 0 Å². The van der Waals surface area contributed by atoms with Gasteiger partial charge in [0, 0.05) is 19.6 Å². The first-order valence-electron chi connectivity index (χ1n) is 8.18. The maximum atomic E-state index is 11.9. The molecule has 0 atom stereocenters. The minimum atomic E-state index is -0.124. The lowest BCUT2D eigenvalue weighted by Crippen LogP contribution is -2.27. The Hall–Kier alpha value is -1.65. The number of hydrogen-bond acceptors (Lipinski definition) is 4. The first kappa shape index (κ1) is 15.7. The van der Waals surface area contributed by atoms with Gasteiger partial charge in [0.05, 0.1) is 0 Å². The molecule has 21 heavy (non-hydrogen) atoms. The number of nitrogens with one attached hydrogen (secondary N) is 1. The highest BCUT2D eigenvalue weighted by molar-refractivity contribution is 5.92. The molecular formula is C16H26N4O. The van der Waals surface area contributed by atoms with Crippen LogP contribution in [0.25, 0.3) is 0 Å². The van der Waals surface area contributed by atoms with Crippen LogP contribution < -0.4 is 10.2 Å². The molecule has 0 spiro atoms. The van der Waals surface area contributed by atoms with Crippen molar-refractivity contribution in [2.24, 2.45) is 0 Å². The van der Waals surface area contributed by atoms with Crippen LogP contribution in [0.2, 0.25) is 0 Å². The first-order chi connectivity index (χ1) is 10.3. The number of nitrogens with zero attached hydrogens (tertiary/aromatic N) is 3. The van der Waals surface area contributed by atoms with Gasteiger partial charge in [-0.1, -0.05) is 32.6 Å². The Labute approximate surface area is 127 Å². The molecule has 2 rings (SSSR count). The molecule has 0 bridgehead atoms. The summed E-state index contributed by atoms with van der Waals surface area (Å²) in [6.45, 7) is 4.94. The van der Waals surface area contributed by atoms with Gasteiger partial charge in [-0.2, -0.15) is 0 Å². The SMILES string of the molecule is CCCCCNC(=O)c1ccc(N2CCCCCC2)nn1. The third kappa shape index (κ3) is 4.99. The Bertz CT molecular complexity index is 424. The smallest absolute Gasteiger partial charge is 0.271 e. The molecule has 116 valence electrons. The Morgan fingerprint density at radius 3 is 2.52 bits per heavy atom. The predicted molar refractivity (Wildman–Crippen MR) is 84.6 cm³/mol. The highest BCUT2D eigenvalue weighted by Gasteiger charge is 2.13. The second kappa shape index (κ2) is 8.60. The summed E-state index contributed by atoms with van der Waals surface area (Å²) >= 11 is 0. The second-order valence-corrected chi connectivity index (χ2v) is 5.64. The van der Waals surface area contributed by atoms with Gasteiger partial charge in [-0.05, 0) is 31.4 Å². The summed E-state index contributed by atoms with van der Waals surface area (Å²) in [7, 11) is 0. The molecule has 2 heterocycles. The molecule has 5 heteroatoms. The topological polar surface area (TPSA) is 58.1 Å². The molecule has 1 amide bonds. The monoisotopic (exact) mass is 290 g/mol. The highest BCUT2D eigenvalue weighted by Crippen LogP contribution is 2.16. The van der Waals surface area contributed by atoms with E-state index in [4.69, 9.17) is 0 Å². The van der Waals surface area contributed by atoms with E-state index in [-0.39, 0.29) is 5.91 Å². The Kier molecular flexibility index (Phi) is 6.44. The third-order valence-electron chi connectivity index (χ3n) is 3.88. The number of carbonyl (C=O) groups is 1. The van der Waals surface area contributed by atoms with Gasteiger partial charge >= 0.3 is 0 Å². The molecule has 0 aliphatic carbocycles. The van der Waals surface area contributed by atoms with Crippen molar-refractivity contribution in [1.82, 2.24) is 15.5 Å². The van der Waals surface area contributed by atoms with E-state index in [2.05, 4.69) is 27.3 Å². The number of rotatable bonds is 6. The van der Waals surface area contributed by atoms with Gasteiger partial charge in [-0.25, -0.2) is 0 Å². The average molecular weight is 290 g/mol. The van der Waals surface area contributed by atoms with Crippen LogP contribution in [0.3, 0.4) is 0 Å². The molecule has 1 aromatic rings. The van der Waals surface area contributed by atoms with E-state index in [1.807, 2.05) is 6.07 Å². The summed E-state index contributed by atoms with van der Waals surface area (Å²) in [6.07, 6.45) is 8.31. The number of anilines is 1. The number of carbonyl (C=O) groups excluding carboxylic acids is 1. The maximum Gasteiger partial charge on any atom is 0.271 e. The number of hydrogen-bond donors (Lipinski definition) is 1. The molecule has 1 saturated heterocycles. The van der Waals surface area contributed by atoms with E-state index in [0.29, 0.717) is 12.2 Å². The summed E-state index contributed by atoms with van der Waals surface area (Å²) in [5.41, 5.74) is 0.407. The molecule has 1 aliphatic rings. The molecule has 1 aliphatic heterocycles. The van der Waals surface area contributed by atoms with Gasteiger partial charge in [0.15, 0.2) is 11.5 Å². The number of unbranched alkanes of at least 4 members (excludes halogenated alkanes) is 2. The maximum absolute atomic E-state index is 11.9. The van der Waals surface area contributed by atoms with Crippen molar-refractivity contribution >= 4 is 11.7 Å². The van der Waals surface area contributed by atoms with E-state index in [9.17, 15) is 4.79 Å². The molecule has 0 unspecified atom stereocenters. The van der Waals surface area contributed by atoms with Gasteiger partial charge in [0.1, 0.15) is 0 Å². The zero-order valence-electron chi connectivity index (χ0n) is 13.0. The van der Waals surface area contributed by atoms with Crippen LogP contribution in [0.5, 0.6) is 0 Å². The van der Waals surface area contributed by atoms with Crippen LogP contribution in [-0.4, -0.2) is 35.7 Å². The highest BCUT2D eigenvalue weighted by atomic mass is 16.1. The zero-order valence-corrected chi connectivity index (χ0v) is 13.0. The van der Waals surface area contributed by atoms with Crippen LogP contribution in [0.4, 0.5) is 5.82 Å². The summed E-state index contributed by atoms with van der Waals surface area (Å²) < 4.78 is 0. The summed E-state index contributed by atoms with van der Waals surface area (Å²) in [5.74, 6) is 0.764. The Balaban J connectivity index is 1.87. The van der Waals surface area contributed by atoms with Crippen molar-refractivity contribution in [2.75, 3.05) is 24.5 Å². The largest absolute Gasteiger partial charge is 0.355 e. The first-order valence-corrected chi connectivity index (χ1v) is 8.18. The van der Waals surface area contributed by atoms with Crippen LogP contribution in [0.1, 0.15) is 62.4 Å². The van der Waals surface area contributed by atoms with E-state index in [0.717, 1.165) is 38.2 Å². The molecule has 1 aromatic heterocycles. The number of amides is 1. The standard InChI is InChI=1S/C16H26N4O/c1-2-3-6-11-17-16(21)14-9-10-15(19-18-14)20-12-7-4-5-8-13-20/h9-10H,2-8,11-13H2,1H3,(H,17,21). The van der Waals surface area contributed by atoms with E-state index in [1.165, 1.54) is 25.7 Å². The van der Waals surface area contributed by atoms with Gasteiger partial charge in [-0.3, -0.25) is 4.79 Å². The van der Waals surface area contributed by atoms with Crippen LogP contribution in [-0.2, 0) is 0 Å². The van der Waals surface area contributed by atoms with Gasteiger partial charge in [-0.15, -0.1) is 10.2 Å².